The van der Waals surface area contributed by atoms with Crippen LogP contribution in [0.1, 0.15) is 12.1 Å². The van der Waals surface area contributed by atoms with Gasteiger partial charge in [0.2, 0.25) is 0 Å². The van der Waals surface area contributed by atoms with Crippen molar-refractivity contribution in [3.8, 4) is 11.5 Å². The highest BCUT2D eigenvalue weighted by molar-refractivity contribution is 6.83. The van der Waals surface area contributed by atoms with Crippen LogP contribution in [-0.4, -0.2) is 37.3 Å². The Labute approximate surface area is 108 Å². The summed E-state index contributed by atoms with van der Waals surface area (Å²) in [5.74, 6) is 3.81. The van der Waals surface area contributed by atoms with E-state index in [9.17, 15) is 4.39 Å². The lowest BCUT2D eigenvalue weighted by atomic mass is 10.3. The van der Waals surface area contributed by atoms with Crippen LogP contribution >= 0.6 is 0 Å². The molecule has 0 bridgehead atoms. The maximum atomic E-state index is 13.2. The molecule has 1 aliphatic heterocycles. The molecule has 0 amide bonds. The van der Waals surface area contributed by atoms with Crippen molar-refractivity contribution in [3.05, 3.63) is 18.1 Å². The number of rotatable bonds is 1. The van der Waals surface area contributed by atoms with Crippen molar-refractivity contribution in [1.82, 2.24) is 9.97 Å². The molecule has 2 heterocycles. The number of nitrogens with zero attached hydrogens (tertiary/aromatic N) is 3. The minimum atomic E-state index is -1.40. The second kappa shape index (κ2) is 5.07. The minimum Gasteiger partial charge on any atom is -0.352 e. The van der Waals surface area contributed by atoms with Gasteiger partial charge in [0.25, 0.3) is 0 Å². The molecule has 0 radical (unpaired) electrons. The van der Waals surface area contributed by atoms with Gasteiger partial charge in [0.05, 0.1) is 18.9 Å². The van der Waals surface area contributed by atoms with Crippen LogP contribution in [0.25, 0.3) is 0 Å². The first-order valence-corrected chi connectivity index (χ1v) is 9.68. The van der Waals surface area contributed by atoms with Crippen molar-refractivity contribution in [2.75, 3.05) is 18.0 Å². The summed E-state index contributed by atoms with van der Waals surface area (Å²) in [6.07, 6.45) is 3.17. The predicted molar refractivity (Wildman–Crippen MR) is 74.0 cm³/mol. The average Bonchev–Trinajstić information content (AvgIpc) is 2.73. The lowest BCUT2D eigenvalue weighted by molar-refractivity contribution is 0.364. The lowest BCUT2D eigenvalue weighted by Crippen LogP contribution is -2.21. The largest absolute Gasteiger partial charge is 0.352 e. The van der Waals surface area contributed by atoms with Gasteiger partial charge in [-0.3, -0.25) is 4.98 Å². The topological polar surface area (TPSA) is 29.0 Å². The zero-order valence-electron chi connectivity index (χ0n) is 11.1. The van der Waals surface area contributed by atoms with Crippen molar-refractivity contribution >= 4 is 13.9 Å². The summed E-state index contributed by atoms with van der Waals surface area (Å²) in [5, 5.41) is 0. The van der Waals surface area contributed by atoms with Gasteiger partial charge in [0.1, 0.15) is 25.8 Å². The average molecular weight is 263 g/mol. The number of hydrogen-bond donors (Lipinski definition) is 0. The molecule has 0 N–H and O–H groups in total. The van der Waals surface area contributed by atoms with E-state index in [1.807, 2.05) is 4.90 Å². The molecule has 1 atom stereocenters. The van der Waals surface area contributed by atoms with Crippen LogP contribution in [0, 0.1) is 11.5 Å². The molecule has 1 aromatic heterocycles. The van der Waals surface area contributed by atoms with Crippen molar-refractivity contribution in [2.24, 2.45) is 0 Å². The third kappa shape index (κ3) is 3.54. The molecule has 3 nitrogen and oxygen atoms in total. The second-order valence-electron chi connectivity index (χ2n) is 5.59. The Hall–Kier alpha value is -1.41. The van der Waals surface area contributed by atoms with Crippen LogP contribution in [0.3, 0.4) is 0 Å². The Balaban J connectivity index is 2.17. The number of anilines is 1. The zero-order chi connectivity index (χ0) is 13.2. The van der Waals surface area contributed by atoms with Crippen LogP contribution in [0.2, 0.25) is 19.6 Å². The van der Waals surface area contributed by atoms with Gasteiger partial charge in [-0.05, 0) is 6.42 Å². The quantitative estimate of drug-likeness (QED) is 0.575. The molecule has 1 aromatic rings. The molecule has 96 valence electrons. The molecule has 2 rings (SSSR count). The van der Waals surface area contributed by atoms with E-state index in [1.54, 1.807) is 12.4 Å². The van der Waals surface area contributed by atoms with Crippen LogP contribution in [0.5, 0.6) is 0 Å². The van der Waals surface area contributed by atoms with E-state index in [0.717, 1.165) is 5.82 Å². The molecule has 1 saturated heterocycles. The number of aromatic nitrogens is 2. The van der Waals surface area contributed by atoms with E-state index in [-0.39, 0.29) is 0 Å². The van der Waals surface area contributed by atoms with Gasteiger partial charge >= 0.3 is 0 Å². The van der Waals surface area contributed by atoms with Crippen molar-refractivity contribution in [2.45, 2.75) is 32.2 Å². The first-order chi connectivity index (χ1) is 8.44. The van der Waals surface area contributed by atoms with E-state index >= 15 is 0 Å². The minimum absolute atomic E-state index is 0.416. The summed E-state index contributed by atoms with van der Waals surface area (Å²) in [7, 11) is -1.40. The smallest absolute Gasteiger partial charge is 0.148 e. The molecule has 0 saturated carbocycles. The van der Waals surface area contributed by atoms with Gasteiger partial charge in [-0.1, -0.05) is 25.6 Å². The summed E-state index contributed by atoms with van der Waals surface area (Å²) in [4.78, 5) is 10.5. The first kappa shape index (κ1) is 13.0. The lowest BCUT2D eigenvalue weighted by Gasteiger charge is -2.15. The van der Waals surface area contributed by atoms with Gasteiger partial charge in [-0.25, -0.2) is 9.37 Å². The van der Waals surface area contributed by atoms with Gasteiger partial charge in [0, 0.05) is 6.54 Å². The van der Waals surface area contributed by atoms with E-state index in [0.29, 0.717) is 25.2 Å². The van der Waals surface area contributed by atoms with Crippen molar-refractivity contribution in [3.63, 3.8) is 0 Å². The third-order valence-corrected chi connectivity index (χ3v) is 3.52. The number of hydrogen-bond acceptors (Lipinski definition) is 3. The molecular formula is C13H18FN3Si. The second-order valence-corrected chi connectivity index (χ2v) is 10.3. The van der Waals surface area contributed by atoms with Crippen LogP contribution in [0.15, 0.2) is 12.4 Å². The molecule has 0 aliphatic carbocycles. The third-order valence-electron chi connectivity index (χ3n) is 2.64. The molecule has 0 spiro atoms. The van der Waals surface area contributed by atoms with E-state index in [1.165, 1.54) is 0 Å². The standard InChI is InChI=1S/C13H18FN3Si/c1-18(2,3)7-5-12-8-15-9-13(16-12)17-6-4-11(14)10-17/h8-9,11H,4,6,10H2,1-3H3/t11-/m1/s1. The van der Waals surface area contributed by atoms with E-state index in [4.69, 9.17) is 0 Å². The Morgan fingerprint density at radius 2 is 2.17 bits per heavy atom. The maximum Gasteiger partial charge on any atom is 0.148 e. The zero-order valence-corrected chi connectivity index (χ0v) is 12.1. The summed E-state index contributed by atoms with van der Waals surface area (Å²) >= 11 is 0. The molecule has 0 unspecified atom stereocenters. The number of alkyl halides is 1. The fraction of sp³-hybridized carbons (Fsp3) is 0.538. The van der Waals surface area contributed by atoms with E-state index in [2.05, 4.69) is 41.1 Å². The van der Waals surface area contributed by atoms with Gasteiger partial charge in [-0.2, -0.15) is 0 Å². The van der Waals surface area contributed by atoms with Crippen LogP contribution in [0.4, 0.5) is 10.2 Å². The fourth-order valence-corrected chi connectivity index (χ4v) is 2.25. The van der Waals surface area contributed by atoms with Crippen molar-refractivity contribution in [1.29, 1.82) is 0 Å². The summed E-state index contributed by atoms with van der Waals surface area (Å²) in [6.45, 7) is 7.68. The van der Waals surface area contributed by atoms with Gasteiger partial charge < -0.3 is 4.90 Å². The summed E-state index contributed by atoms with van der Waals surface area (Å²) in [5.41, 5.74) is 3.94. The highest BCUT2D eigenvalue weighted by Crippen LogP contribution is 2.18. The van der Waals surface area contributed by atoms with Gasteiger partial charge in [0.15, 0.2) is 0 Å². The molecular weight excluding hydrogens is 245 g/mol. The molecule has 18 heavy (non-hydrogen) atoms. The Kier molecular flexibility index (Phi) is 3.67. The van der Waals surface area contributed by atoms with Crippen molar-refractivity contribution < 1.29 is 4.39 Å². The molecule has 5 heteroatoms. The number of halogens is 1. The maximum absolute atomic E-state index is 13.2. The molecule has 0 aromatic carbocycles. The highest BCUT2D eigenvalue weighted by Gasteiger charge is 2.23. The fourth-order valence-electron chi connectivity index (χ4n) is 1.75. The molecule has 1 fully saturated rings. The first-order valence-electron chi connectivity index (χ1n) is 6.18. The SMILES string of the molecule is C[Si](C)(C)C#Cc1cncc(N2CC[C@@H](F)C2)n1. The van der Waals surface area contributed by atoms with Crippen LogP contribution in [-0.2, 0) is 0 Å². The Morgan fingerprint density at radius 3 is 2.78 bits per heavy atom. The monoisotopic (exact) mass is 263 g/mol. The molecule has 1 aliphatic rings. The van der Waals surface area contributed by atoms with Crippen LogP contribution < -0.4 is 4.90 Å². The summed E-state index contributed by atoms with van der Waals surface area (Å²) < 4.78 is 13.2. The van der Waals surface area contributed by atoms with E-state index < -0.39 is 14.2 Å². The normalized spacial score (nSPS) is 19.6. The summed E-state index contributed by atoms with van der Waals surface area (Å²) in [6, 6.07) is 0. The predicted octanol–water partition coefficient (Wildman–Crippen LogP) is 2.25. The highest BCUT2D eigenvalue weighted by atomic mass is 28.3. The Morgan fingerprint density at radius 1 is 1.39 bits per heavy atom. The Bertz CT molecular complexity index is 487. The van der Waals surface area contributed by atoms with Gasteiger partial charge in [-0.15, -0.1) is 5.54 Å².